The Morgan fingerprint density at radius 1 is 1.14 bits per heavy atom. The van der Waals surface area contributed by atoms with Crippen LogP contribution in [-0.4, -0.2) is 62.8 Å². The fourth-order valence-electron chi connectivity index (χ4n) is 1.48. The van der Waals surface area contributed by atoms with Crippen molar-refractivity contribution in [3.8, 4) is 0 Å². The predicted octanol–water partition coefficient (Wildman–Crippen LogP) is 0.0680. The number of carboxylic acids is 1. The number of rotatable bonds is 10. The molecule has 0 rings (SSSR count). The van der Waals surface area contributed by atoms with E-state index in [0.717, 1.165) is 4.31 Å². The minimum Gasteiger partial charge on any atom is -0.481 e. The maximum atomic E-state index is 11.4. The lowest BCUT2D eigenvalue weighted by molar-refractivity contribution is -0.137. The Labute approximate surface area is 125 Å². The van der Waals surface area contributed by atoms with Crippen LogP contribution in [0.15, 0.2) is 0 Å². The predicted molar refractivity (Wildman–Crippen MR) is 79.5 cm³/mol. The molecule has 0 radical (unpaired) electrons. The Morgan fingerprint density at radius 3 is 2.24 bits per heavy atom. The summed E-state index contributed by atoms with van der Waals surface area (Å²) in [5.41, 5.74) is 0. The maximum absolute atomic E-state index is 11.4. The second-order valence-electron chi connectivity index (χ2n) is 5.11. The number of aliphatic carboxylic acids is 1. The van der Waals surface area contributed by atoms with E-state index in [1.54, 1.807) is 0 Å². The van der Waals surface area contributed by atoms with Crippen molar-refractivity contribution >= 4 is 22.0 Å². The molecule has 0 bridgehead atoms. The third-order valence-corrected chi connectivity index (χ3v) is 4.81. The molecule has 0 spiro atoms. The van der Waals surface area contributed by atoms with Gasteiger partial charge >= 0.3 is 12.0 Å². The molecule has 0 saturated carbocycles. The van der Waals surface area contributed by atoms with Gasteiger partial charge in [-0.3, -0.25) is 4.79 Å². The summed E-state index contributed by atoms with van der Waals surface area (Å²) in [6, 6.07) is -0.422. The fourth-order valence-corrected chi connectivity index (χ4v) is 2.21. The third kappa shape index (κ3) is 10.1. The largest absolute Gasteiger partial charge is 0.481 e. The molecule has 0 aliphatic rings. The van der Waals surface area contributed by atoms with Gasteiger partial charge in [0.2, 0.25) is 10.0 Å². The van der Waals surface area contributed by atoms with Crippen molar-refractivity contribution in [3.63, 3.8) is 0 Å². The van der Waals surface area contributed by atoms with Crippen molar-refractivity contribution < 1.29 is 23.1 Å². The van der Waals surface area contributed by atoms with Gasteiger partial charge in [-0.05, 0) is 18.8 Å². The molecule has 21 heavy (non-hydrogen) atoms. The summed E-state index contributed by atoms with van der Waals surface area (Å²) >= 11 is 0. The molecule has 2 amide bonds. The topological polar surface area (TPSA) is 116 Å². The molecule has 0 aromatic carbocycles. The van der Waals surface area contributed by atoms with Gasteiger partial charge < -0.3 is 15.7 Å². The molecule has 3 N–H and O–H groups in total. The molecule has 0 fully saturated rings. The quantitative estimate of drug-likeness (QED) is 0.526. The first-order valence-corrected chi connectivity index (χ1v) is 8.39. The van der Waals surface area contributed by atoms with E-state index in [9.17, 15) is 18.0 Å². The minimum absolute atomic E-state index is 0.0426. The van der Waals surface area contributed by atoms with Crippen LogP contribution in [0.3, 0.4) is 0 Å². The molecule has 0 aromatic heterocycles. The number of nitrogens with zero attached hydrogens (tertiary/aromatic N) is 1. The molecule has 0 aliphatic heterocycles. The molecule has 0 aromatic rings. The molecule has 124 valence electrons. The van der Waals surface area contributed by atoms with Crippen molar-refractivity contribution in [2.45, 2.75) is 26.2 Å². The monoisotopic (exact) mass is 323 g/mol. The zero-order chi connectivity index (χ0) is 16.5. The summed E-state index contributed by atoms with van der Waals surface area (Å²) in [7, 11) is -0.431. The standard InChI is InChI=1S/C12H25N3O5S/c1-10(4-5-11(16)17)6-7-13-12(18)14-8-9-21(19,20)15(2)3/h10H,4-9H2,1-3H3,(H,16,17)(H2,13,14,18). The summed E-state index contributed by atoms with van der Waals surface area (Å²) < 4.78 is 24.0. The van der Waals surface area contributed by atoms with Crippen LogP contribution in [0.5, 0.6) is 0 Å². The number of amides is 2. The van der Waals surface area contributed by atoms with E-state index in [1.807, 2.05) is 6.92 Å². The Kier molecular flexibility index (Phi) is 8.95. The highest BCUT2D eigenvalue weighted by atomic mass is 32.2. The molecular formula is C12H25N3O5S. The van der Waals surface area contributed by atoms with Gasteiger partial charge in [0.1, 0.15) is 0 Å². The summed E-state index contributed by atoms with van der Waals surface area (Å²) in [4.78, 5) is 21.8. The van der Waals surface area contributed by atoms with Gasteiger partial charge in [0.25, 0.3) is 0 Å². The lowest BCUT2D eigenvalue weighted by Gasteiger charge is -2.13. The van der Waals surface area contributed by atoms with Crippen molar-refractivity contribution in [1.29, 1.82) is 0 Å². The lowest BCUT2D eigenvalue weighted by Crippen LogP contribution is -2.40. The minimum atomic E-state index is -3.31. The summed E-state index contributed by atoms with van der Waals surface area (Å²) in [5.74, 6) is -0.771. The highest BCUT2D eigenvalue weighted by Crippen LogP contribution is 2.08. The first kappa shape index (κ1) is 19.7. The summed E-state index contributed by atoms with van der Waals surface area (Å²) in [5, 5.41) is 13.6. The number of hydrogen-bond donors (Lipinski definition) is 3. The van der Waals surface area contributed by atoms with E-state index < -0.39 is 22.0 Å². The van der Waals surface area contributed by atoms with E-state index in [4.69, 9.17) is 5.11 Å². The number of hydrogen-bond acceptors (Lipinski definition) is 4. The van der Waals surface area contributed by atoms with E-state index >= 15 is 0 Å². The lowest BCUT2D eigenvalue weighted by atomic mass is 10.0. The first-order chi connectivity index (χ1) is 9.65. The van der Waals surface area contributed by atoms with Gasteiger partial charge in [0.15, 0.2) is 0 Å². The Hall–Kier alpha value is -1.35. The number of carbonyl (C=O) groups is 2. The molecule has 9 heteroatoms. The first-order valence-electron chi connectivity index (χ1n) is 6.79. The van der Waals surface area contributed by atoms with Gasteiger partial charge in [0.05, 0.1) is 5.75 Å². The maximum Gasteiger partial charge on any atom is 0.314 e. The summed E-state index contributed by atoms with van der Waals surface area (Å²) in [6.45, 7) is 2.39. The van der Waals surface area contributed by atoms with Crippen LogP contribution in [0.4, 0.5) is 4.79 Å². The van der Waals surface area contributed by atoms with Crippen LogP contribution >= 0.6 is 0 Å². The van der Waals surface area contributed by atoms with Gasteiger partial charge in [-0.15, -0.1) is 0 Å². The van der Waals surface area contributed by atoms with Crippen molar-refractivity contribution in [3.05, 3.63) is 0 Å². The van der Waals surface area contributed by atoms with E-state index in [0.29, 0.717) is 19.4 Å². The fraction of sp³-hybridized carbons (Fsp3) is 0.833. The van der Waals surface area contributed by atoms with Gasteiger partial charge in [-0.25, -0.2) is 17.5 Å². The SMILES string of the molecule is CC(CCNC(=O)NCCS(=O)(=O)N(C)C)CCC(=O)O. The Bertz CT molecular complexity index is 436. The molecule has 1 unspecified atom stereocenters. The van der Waals surface area contributed by atoms with Crippen LogP contribution in [0.1, 0.15) is 26.2 Å². The second kappa shape index (κ2) is 9.56. The highest BCUT2D eigenvalue weighted by molar-refractivity contribution is 7.89. The zero-order valence-corrected chi connectivity index (χ0v) is 13.6. The Morgan fingerprint density at radius 2 is 1.71 bits per heavy atom. The van der Waals surface area contributed by atoms with Gasteiger partial charge in [-0.2, -0.15) is 0 Å². The van der Waals surface area contributed by atoms with Crippen LogP contribution in [-0.2, 0) is 14.8 Å². The number of nitrogens with one attached hydrogen (secondary N) is 2. The van der Waals surface area contributed by atoms with Crippen molar-refractivity contribution in [2.75, 3.05) is 32.9 Å². The second-order valence-corrected chi connectivity index (χ2v) is 7.41. The van der Waals surface area contributed by atoms with Gasteiger partial charge in [-0.1, -0.05) is 6.92 Å². The molecule has 0 heterocycles. The molecule has 8 nitrogen and oxygen atoms in total. The summed E-state index contributed by atoms with van der Waals surface area (Å²) in [6.07, 6.45) is 1.37. The smallest absolute Gasteiger partial charge is 0.314 e. The zero-order valence-electron chi connectivity index (χ0n) is 12.8. The average Bonchev–Trinajstić information content (AvgIpc) is 2.35. The van der Waals surface area contributed by atoms with Crippen LogP contribution < -0.4 is 10.6 Å². The van der Waals surface area contributed by atoms with Crippen molar-refractivity contribution in [1.82, 2.24) is 14.9 Å². The number of sulfonamides is 1. The average molecular weight is 323 g/mol. The van der Waals surface area contributed by atoms with E-state index in [1.165, 1.54) is 14.1 Å². The number of urea groups is 1. The molecule has 0 saturated heterocycles. The number of carbonyl (C=O) groups excluding carboxylic acids is 1. The van der Waals surface area contributed by atoms with Gasteiger partial charge in [0, 0.05) is 33.6 Å². The highest BCUT2D eigenvalue weighted by Gasteiger charge is 2.13. The van der Waals surface area contributed by atoms with Crippen LogP contribution in [0, 0.1) is 5.92 Å². The van der Waals surface area contributed by atoms with Crippen LogP contribution in [0.2, 0.25) is 0 Å². The molecule has 1 atom stereocenters. The molecular weight excluding hydrogens is 298 g/mol. The molecule has 0 aliphatic carbocycles. The normalized spacial score (nSPS) is 13.0. The van der Waals surface area contributed by atoms with Crippen molar-refractivity contribution in [2.24, 2.45) is 5.92 Å². The Balaban J connectivity index is 3.75. The van der Waals surface area contributed by atoms with E-state index in [-0.39, 0.29) is 24.6 Å². The van der Waals surface area contributed by atoms with Crippen LogP contribution in [0.25, 0.3) is 0 Å². The number of carboxylic acid groups (broad SMARTS) is 1. The van der Waals surface area contributed by atoms with E-state index in [2.05, 4.69) is 10.6 Å². The third-order valence-electron chi connectivity index (χ3n) is 2.98.